The van der Waals surface area contributed by atoms with Crippen LogP contribution in [0.1, 0.15) is 32.3 Å². The molecule has 0 amide bonds. The minimum atomic E-state index is -0.590. The average Bonchev–Trinajstić information content (AvgIpc) is 2.45. The number of aryl methyl sites for hydroxylation is 1. The predicted molar refractivity (Wildman–Crippen MR) is 78.0 cm³/mol. The standard InChI is InChI=1S/C15H22F2O3Si/c1-3-18-15(19-4-2)20-21-10-6-5-7-12-8-9-13(16)11-14(12)17/h8-9,11,15H,3-7,10H2,1-2H3. The van der Waals surface area contributed by atoms with E-state index in [1.165, 1.54) is 12.1 Å². The summed E-state index contributed by atoms with van der Waals surface area (Å²) in [4.78, 5) is 0. The van der Waals surface area contributed by atoms with Gasteiger partial charge in [-0.15, -0.1) is 0 Å². The number of hydrogen-bond donors (Lipinski definition) is 0. The Kier molecular flexibility index (Phi) is 9.41. The van der Waals surface area contributed by atoms with Gasteiger partial charge in [-0.2, -0.15) is 0 Å². The summed E-state index contributed by atoms with van der Waals surface area (Å²) >= 11 is 0. The first kappa shape index (κ1) is 18.2. The van der Waals surface area contributed by atoms with Crippen LogP contribution in [0.25, 0.3) is 0 Å². The Balaban J connectivity index is 2.13. The first-order valence-electron chi connectivity index (χ1n) is 7.23. The molecule has 0 saturated heterocycles. The zero-order chi connectivity index (χ0) is 15.5. The van der Waals surface area contributed by atoms with Gasteiger partial charge in [-0.25, -0.2) is 8.78 Å². The van der Waals surface area contributed by atoms with Gasteiger partial charge in [0.1, 0.15) is 11.6 Å². The maximum Gasteiger partial charge on any atom is 0.261 e. The number of benzene rings is 1. The second kappa shape index (κ2) is 10.8. The fraction of sp³-hybridized carbons (Fsp3) is 0.600. The Labute approximate surface area is 127 Å². The number of unbranched alkanes of at least 4 members (excludes halogenated alkanes) is 1. The summed E-state index contributed by atoms with van der Waals surface area (Å²) in [5.41, 5.74) is 0.558. The maximum absolute atomic E-state index is 13.4. The molecule has 0 aliphatic rings. The van der Waals surface area contributed by atoms with Crippen LogP contribution in [0.2, 0.25) is 6.04 Å². The monoisotopic (exact) mass is 316 g/mol. The lowest BCUT2D eigenvalue weighted by Crippen LogP contribution is -2.22. The molecule has 0 bridgehead atoms. The second-order valence-electron chi connectivity index (χ2n) is 4.40. The zero-order valence-electron chi connectivity index (χ0n) is 12.5. The Morgan fingerprint density at radius 2 is 1.81 bits per heavy atom. The molecule has 0 fully saturated rings. The van der Waals surface area contributed by atoms with E-state index >= 15 is 0 Å². The highest BCUT2D eigenvalue weighted by Crippen LogP contribution is 2.13. The van der Waals surface area contributed by atoms with Crippen LogP contribution in [-0.2, 0) is 20.3 Å². The molecular weight excluding hydrogens is 294 g/mol. The van der Waals surface area contributed by atoms with E-state index in [-0.39, 0.29) is 0 Å². The quantitative estimate of drug-likeness (QED) is 0.354. The van der Waals surface area contributed by atoms with Crippen LogP contribution < -0.4 is 0 Å². The minimum absolute atomic E-state index is 0.291. The molecule has 0 unspecified atom stereocenters. The van der Waals surface area contributed by atoms with E-state index in [1.807, 2.05) is 13.8 Å². The molecule has 0 aliphatic carbocycles. The SMILES string of the molecule is CCOC(OCC)O[Si]CCCCc1ccc(F)cc1F. The highest BCUT2D eigenvalue weighted by molar-refractivity contribution is 6.27. The Hall–Kier alpha value is -0.823. The summed E-state index contributed by atoms with van der Waals surface area (Å²) in [6.07, 6.45) is 2.37. The number of rotatable bonds is 11. The van der Waals surface area contributed by atoms with E-state index in [9.17, 15) is 8.78 Å². The molecule has 0 aliphatic heterocycles. The first-order valence-corrected chi connectivity index (χ1v) is 8.34. The van der Waals surface area contributed by atoms with Crippen molar-refractivity contribution in [3.8, 4) is 0 Å². The zero-order valence-corrected chi connectivity index (χ0v) is 13.5. The van der Waals surface area contributed by atoms with Crippen molar-refractivity contribution in [1.82, 2.24) is 0 Å². The first-order chi connectivity index (χ1) is 10.2. The van der Waals surface area contributed by atoms with Crippen molar-refractivity contribution in [2.24, 2.45) is 0 Å². The minimum Gasteiger partial charge on any atom is -0.372 e. The van der Waals surface area contributed by atoms with Crippen LogP contribution in [0.5, 0.6) is 0 Å². The molecule has 0 spiro atoms. The van der Waals surface area contributed by atoms with Gasteiger partial charge < -0.3 is 13.9 Å². The topological polar surface area (TPSA) is 27.7 Å². The van der Waals surface area contributed by atoms with Gasteiger partial charge in [0.15, 0.2) is 0 Å². The van der Waals surface area contributed by atoms with Crippen molar-refractivity contribution >= 4 is 9.76 Å². The second-order valence-corrected chi connectivity index (χ2v) is 5.43. The lowest BCUT2D eigenvalue weighted by atomic mass is 10.1. The predicted octanol–water partition coefficient (Wildman–Crippen LogP) is 3.70. The normalized spacial score (nSPS) is 11.3. The summed E-state index contributed by atoms with van der Waals surface area (Å²) in [5.74, 6) is -1.01. The van der Waals surface area contributed by atoms with Crippen LogP contribution in [0.4, 0.5) is 8.78 Å². The molecule has 1 rings (SSSR count). The third-order valence-electron chi connectivity index (χ3n) is 2.78. The molecule has 0 atom stereocenters. The molecule has 3 nitrogen and oxygen atoms in total. The third kappa shape index (κ3) is 7.66. The highest BCUT2D eigenvalue weighted by Gasteiger charge is 2.08. The van der Waals surface area contributed by atoms with Gasteiger partial charge >= 0.3 is 0 Å². The molecule has 118 valence electrons. The van der Waals surface area contributed by atoms with Crippen LogP contribution in [0.3, 0.4) is 0 Å². The van der Waals surface area contributed by atoms with Crippen molar-refractivity contribution in [2.45, 2.75) is 45.6 Å². The Bertz CT molecular complexity index is 399. The Morgan fingerprint density at radius 3 is 2.43 bits per heavy atom. The molecule has 0 N–H and O–H groups in total. The van der Waals surface area contributed by atoms with E-state index < -0.39 is 18.1 Å². The molecule has 0 saturated carbocycles. The smallest absolute Gasteiger partial charge is 0.261 e. The van der Waals surface area contributed by atoms with Crippen molar-refractivity contribution in [3.05, 3.63) is 35.4 Å². The fourth-order valence-electron chi connectivity index (χ4n) is 1.75. The van der Waals surface area contributed by atoms with E-state index in [1.54, 1.807) is 0 Å². The average molecular weight is 316 g/mol. The summed E-state index contributed by atoms with van der Waals surface area (Å²) < 4.78 is 42.2. The lowest BCUT2D eigenvalue weighted by Gasteiger charge is -2.16. The number of halogens is 2. The van der Waals surface area contributed by atoms with Crippen LogP contribution in [-0.4, -0.2) is 29.5 Å². The van der Waals surface area contributed by atoms with E-state index in [0.29, 0.717) is 35.0 Å². The van der Waals surface area contributed by atoms with E-state index in [4.69, 9.17) is 13.9 Å². The highest BCUT2D eigenvalue weighted by atomic mass is 28.2. The van der Waals surface area contributed by atoms with Crippen LogP contribution in [0, 0.1) is 11.6 Å². The van der Waals surface area contributed by atoms with Gasteiger partial charge in [0.25, 0.3) is 6.48 Å². The molecular formula is C15H22F2O3Si. The van der Waals surface area contributed by atoms with Gasteiger partial charge in [-0.3, -0.25) is 0 Å². The number of hydrogen-bond acceptors (Lipinski definition) is 3. The van der Waals surface area contributed by atoms with Crippen molar-refractivity contribution < 1.29 is 22.7 Å². The van der Waals surface area contributed by atoms with Gasteiger partial charge in [0.05, 0.1) is 0 Å². The fourth-order valence-corrected chi connectivity index (χ4v) is 2.54. The van der Waals surface area contributed by atoms with E-state index in [0.717, 1.165) is 25.0 Å². The Morgan fingerprint density at radius 1 is 1.10 bits per heavy atom. The van der Waals surface area contributed by atoms with Crippen LogP contribution in [0.15, 0.2) is 18.2 Å². The molecule has 1 aromatic rings. The molecule has 2 radical (unpaired) electrons. The molecule has 21 heavy (non-hydrogen) atoms. The lowest BCUT2D eigenvalue weighted by molar-refractivity contribution is -0.243. The molecule has 0 aromatic heterocycles. The molecule has 1 aromatic carbocycles. The van der Waals surface area contributed by atoms with Gasteiger partial charge in [-0.1, -0.05) is 12.5 Å². The van der Waals surface area contributed by atoms with Gasteiger partial charge in [0.2, 0.25) is 9.76 Å². The molecule has 6 heteroatoms. The van der Waals surface area contributed by atoms with Gasteiger partial charge in [-0.05, 0) is 44.4 Å². The van der Waals surface area contributed by atoms with Crippen LogP contribution >= 0.6 is 0 Å². The van der Waals surface area contributed by atoms with E-state index in [2.05, 4.69) is 0 Å². The largest absolute Gasteiger partial charge is 0.372 e. The van der Waals surface area contributed by atoms with Crippen molar-refractivity contribution in [2.75, 3.05) is 13.2 Å². The molecule has 0 heterocycles. The summed E-state index contributed by atoms with van der Waals surface area (Å²) in [5, 5.41) is 0. The van der Waals surface area contributed by atoms with Gasteiger partial charge in [0, 0.05) is 19.3 Å². The summed E-state index contributed by atoms with van der Waals surface area (Å²) in [6.45, 7) is 4.26. The van der Waals surface area contributed by atoms with Crippen molar-refractivity contribution in [3.63, 3.8) is 0 Å². The maximum atomic E-state index is 13.4. The van der Waals surface area contributed by atoms with Crippen molar-refractivity contribution in [1.29, 1.82) is 0 Å². The summed E-state index contributed by atoms with van der Waals surface area (Å²) in [6, 6.07) is 4.59. The summed E-state index contributed by atoms with van der Waals surface area (Å²) in [7, 11) is 0.291. The third-order valence-corrected chi connectivity index (χ3v) is 3.69. The number of ether oxygens (including phenoxy) is 2.